The van der Waals surface area contributed by atoms with Gasteiger partial charge in [0.1, 0.15) is 0 Å². The first kappa shape index (κ1) is 25.1. The number of hydrogen-bond donors (Lipinski definition) is 0. The number of benzene rings is 6. The molecule has 0 saturated heterocycles. The van der Waals surface area contributed by atoms with Gasteiger partial charge in [-0.25, -0.2) is 0 Å². The lowest BCUT2D eigenvalue weighted by Gasteiger charge is -2.19. The summed E-state index contributed by atoms with van der Waals surface area (Å²) in [6.07, 6.45) is 5.59. The first-order valence-electron chi connectivity index (χ1n) is 14.7. The molecule has 0 aliphatic rings. The molecule has 2 nitrogen and oxygen atoms in total. The van der Waals surface area contributed by atoms with Crippen LogP contribution in [0.5, 0.6) is 0 Å². The lowest BCUT2D eigenvalue weighted by Crippen LogP contribution is -1.92. The highest BCUT2D eigenvalue weighted by molar-refractivity contribution is 6.24. The molecule has 2 heterocycles. The van der Waals surface area contributed by atoms with Gasteiger partial charge in [-0.2, -0.15) is 0 Å². The number of pyridine rings is 2. The summed E-state index contributed by atoms with van der Waals surface area (Å²) in [5, 5.41) is 7.46. The summed E-state index contributed by atoms with van der Waals surface area (Å²) < 4.78 is 0. The normalized spacial score (nSPS) is 11.4. The summed E-state index contributed by atoms with van der Waals surface area (Å²) in [4.78, 5) is 9.05. The predicted molar refractivity (Wildman–Crippen MR) is 181 cm³/mol. The van der Waals surface area contributed by atoms with Gasteiger partial charge in [0.05, 0.1) is 5.69 Å². The molecule has 0 fully saturated rings. The molecule has 0 aliphatic heterocycles. The van der Waals surface area contributed by atoms with Crippen molar-refractivity contribution in [2.45, 2.75) is 6.92 Å². The maximum atomic E-state index is 4.91. The number of rotatable bonds is 4. The minimum absolute atomic E-state index is 0.963. The number of fused-ring (bicyclic) bond motifs is 3. The van der Waals surface area contributed by atoms with Crippen LogP contribution in [0.4, 0.5) is 0 Å². The predicted octanol–water partition coefficient (Wildman–Crippen LogP) is 10.9. The minimum Gasteiger partial charge on any atom is -0.265 e. The molecule has 2 heteroatoms. The molecule has 0 bridgehead atoms. The van der Waals surface area contributed by atoms with Crippen molar-refractivity contribution in [1.29, 1.82) is 0 Å². The standard InChI is InChI=1S/C41H28N2/c1-27-16-18-29(19-17-27)40-35-8-2-4-10-37(35)41(38-11-5-3-9-36(38)40)34-15-7-12-31-32(34)13-6-14-33(31)39-21-20-30(26-43-39)28-22-24-42-25-23-28/h2-26H,1H3. The van der Waals surface area contributed by atoms with Crippen LogP contribution in [0.3, 0.4) is 0 Å². The van der Waals surface area contributed by atoms with Gasteiger partial charge in [0.25, 0.3) is 0 Å². The quantitative estimate of drug-likeness (QED) is 0.204. The van der Waals surface area contributed by atoms with Gasteiger partial charge in [-0.3, -0.25) is 9.97 Å². The van der Waals surface area contributed by atoms with Crippen molar-refractivity contribution in [3.05, 3.63) is 158 Å². The lowest BCUT2D eigenvalue weighted by molar-refractivity contribution is 1.31. The molecule has 8 rings (SSSR count). The van der Waals surface area contributed by atoms with E-state index in [1.54, 1.807) is 0 Å². The molecule has 0 aliphatic carbocycles. The van der Waals surface area contributed by atoms with Crippen LogP contribution < -0.4 is 0 Å². The van der Waals surface area contributed by atoms with Gasteiger partial charge in [0, 0.05) is 29.7 Å². The zero-order valence-corrected chi connectivity index (χ0v) is 23.8. The van der Waals surface area contributed by atoms with Crippen molar-refractivity contribution >= 4 is 32.3 Å². The van der Waals surface area contributed by atoms with Crippen molar-refractivity contribution < 1.29 is 0 Å². The summed E-state index contributed by atoms with van der Waals surface area (Å²) in [6, 6.07) is 48.2. The maximum absolute atomic E-state index is 4.91. The highest BCUT2D eigenvalue weighted by Crippen LogP contribution is 2.45. The van der Waals surface area contributed by atoms with Crippen LogP contribution in [0.15, 0.2) is 152 Å². The summed E-state index contributed by atoms with van der Waals surface area (Å²) in [6.45, 7) is 2.14. The van der Waals surface area contributed by atoms with E-state index >= 15 is 0 Å². The fraction of sp³-hybridized carbons (Fsp3) is 0.0244. The van der Waals surface area contributed by atoms with Gasteiger partial charge < -0.3 is 0 Å². The van der Waals surface area contributed by atoms with Gasteiger partial charge in [-0.15, -0.1) is 0 Å². The van der Waals surface area contributed by atoms with E-state index in [-0.39, 0.29) is 0 Å². The Morgan fingerprint density at radius 3 is 1.53 bits per heavy atom. The van der Waals surface area contributed by atoms with Gasteiger partial charge in [0.15, 0.2) is 0 Å². The third-order valence-electron chi connectivity index (χ3n) is 8.52. The molecule has 0 spiro atoms. The molecule has 0 radical (unpaired) electrons. The molecule has 6 aromatic carbocycles. The second-order valence-electron chi connectivity index (χ2n) is 11.1. The second kappa shape index (κ2) is 10.3. The topological polar surface area (TPSA) is 25.8 Å². The molecule has 0 unspecified atom stereocenters. The molecule has 0 N–H and O–H groups in total. The summed E-state index contributed by atoms with van der Waals surface area (Å²) >= 11 is 0. The number of nitrogens with zero attached hydrogens (tertiary/aromatic N) is 2. The Labute approximate surface area is 251 Å². The van der Waals surface area contributed by atoms with E-state index in [9.17, 15) is 0 Å². The van der Waals surface area contributed by atoms with E-state index in [1.807, 2.05) is 30.7 Å². The molecule has 0 atom stereocenters. The van der Waals surface area contributed by atoms with E-state index in [2.05, 4.69) is 133 Å². The van der Waals surface area contributed by atoms with Crippen molar-refractivity contribution in [2.75, 3.05) is 0 Å². The van der Waals surface area contributed by atoms with Crippen LogP contribution in [-0.4, -0.2) is 9.97 Å². The van der Waals surface area contributed by atoms with E-state index in [0.29, 0.717) is 0 Å². The Kier molecular flexibility index (Phi) is 6.05. The van der Waals surface area contributed by atoms with E-state index < -0.39 is 0 Å². The first-order valence-corrected chi connectivity index (χ1v) is 14.7. The van der Waals surface area contributed by atoms with Crippen molar-refractivity contribution in [2.24, 2.45) is 0 Å². The van der Waals surface area contributed by atoms with Crippen molar-refractivity contribution in [1.82, 2.24) is 9.97 Å². The Hall–Kier alpha value is -5.60. The van der Waals surface area contributed by atoms with Crippen molar-refractivity contribution in [3.8, 4) is 44.6 Å². The molecule has 202 valence electrons. The highest BCUT2D eigenvalue weighted by atomic mass is 14.7. The Morgan fingerprint density at radius 1 is 0.395 bits per heavy atom. The molecular weight excluding hydrogens is 520 g/mol. The zero-order valence-electron chi connectivity index (χ0n) is 23.8. The number of hydrogen-bond acceptors (Lipinski definition) is 2. The Morgan fingerprint density at radius 2 is 0.930 bits per heavy atom. The minimum atomic E-state index is 0.963. The fourth-order valence-electron chi connectivity index (χ4n) is 6.47. The van der Waals surface area contributed by atoms with Crippen LogP contribution in [-0.2, 0) is 0 Å². The molecule has 43 heavy (non-hydrogen) atoms. The molecule has 8 aromatic rings. The maximum Gasteiger partial charge on any atom is 0.0708 e. The monoisotopic (exact) mass is 548 g/mol. The van der Waals surface area contributed by atoms with E-state index in [0.717, 1.165) is 22.4 Å². The third-order valence-corrected chi connectivity index (χ3v) is 8.52. The van der Waals surface area contributed by atoms with E-state index in [4.69, 9.17) is 4.98 Å². The molecule has 0 saturated carbocycles. The molecule has 0 amide bonds. The summed E-state index contributed by atoms with van der Waals surface area (Å²) in [7, 11) is 0. The number of aryl methyl sites for hydroxylation is 1. The van der Waals surface area contributed by atoms with Gasteiger partial charge in [-0.1, -0.05) is 121 Å². The third kappa shape index (κ3) is 4.27. The van der Waals surface area contributed by atoms with Crippen LogP contribution in [0, 0.1) is 6.92 Å². The van der Waals surface area contributed by atoms with Gasteiger partial charge in [0.2, 0.25) is 0 Å². The smallest absolute Gasteiger partial charge is 0.0708 e. The van der Waals surface area contributed by atoms with Crippen molar-refractivity contribution in [3.63, 3.8) is 0 Å². The SMILES string of the molecule is Cc1ccc(-c2c3ccccc3c(-c3cccc4c(-c5ccc(-c6ccncc6)cn5)cccc34)c3ccccc23)cc1. The molecular formula is C41H28N2. The average molecular weight is 549 g/mol. The Balaban J connectivity index is 1.37. The lowest BCUT2D eigenvalue weighted by atomic mass is 9.84. The number of aromatic nitrogens is 2. The van der Waals surface area contributed by atoms with Crippen LogP contribution in [0.2, 0.25) is 0 Å². The average Bonchev–Trinajstić information content (AvgIpc) is 3.08. The van der Waals surface area contributed by atoms with E-state index in [1.165, 1.54) is 60.1 Å². The largest absolute Gasteiger partial charge is 0.265 e. The zero-order chi connectivity index (χ0) is 28.8. The van der Waals surface area contributed by atoms with Gasteiger partial charge >= 0.3 is 0 Å². The van der Waals surface area contributed by atoms with Gasteiger partial charge in [-0.05, 0) is 85.3 Å². The highest BCUT2D eigenvalue weighted by Gasteiger charge is 2.18. The molecule has 2 aromatic heterocycles. The van der Waals surface area contributed by atoms with Crippen LogP contribution in [0.25, 0.3) is 77.0 Å². The second-order valence-corrected chi connectivity index (χ2v) is 11.1. The summed E-state index contributed by atoms with van der Waals surface area (Å²) in [5.41, 5.74) is 10.6. The van der Waals surface area contributed by atoms with Crippen LogP contribution >= 0.6 is 0 Å². The fourth-order valence-corrected chi connectivity index (χ4v) is 6.47. The first-order chi connectivity index (χ1) is 21.3. The van der Waals surface area contributed by atoms with Crippen LogP contribution in [0.1, 0.15) is 5.56 Å². The Bertz CT molecular complexity index is 2210. The summed E-state index contributed by atoms with van der Waals surface area (Å²) in [5.74, 6) is 0.